The van der Waals surface area contributed by atoms with Gasteiger partial charge in [0.05, 0.1) is 11.7 Å². The van der Waals surface area contributed by atoms with Crippen LogP contribution in [0.2, 0.25) is 0 Å². The van der Waals surface area contributed by atoms with Crippen LogP contribution in [0.3, 0.4) is 0 Å². The molecule has 1 aromatic heterocycles. The Hall–Kier alpha value is -2.56. The van der Waals surface area contributed by atoms with Crippen molar-refractivity contribution in [2.45, 2.75) is 18.9 Å². The summed E-state index contributed by atoms with van der Waals surface area (Å²) in [4.78, 5) is 17.3. The Morgan fingerprint density at radius 1 is 1.26 bits per heavy atom. The van der Waals surface area contributed by atoms with Gasteiger partial charge >= 0.3 is 0 Å². The third-order valence-electron chi connectivity index (χ3n) is 5.24. The highest BCUT2D eigenvalue weighted by Gasteiger charge is 2.46. The van der Waals surface area contributed by atoms with Crippen molar-refractivity contribution in [3.8, 4) is 11.3 Å². The molecule has 1 amide bonds. The van der Waals surface area contributed by atoms with E-state index in [9.17, 15) is 4.79 Å². The zero-order valence-corrected chi connectivity index (χ0v) is 12.8. The van der Waals surface area contributed by atoms with Crippen molar-refractivity contribution < 1.29 is 4.79 Å². The summed E-state index contributed by atoms with van der Waals surface area (Å²) in [6.45, 7) is 2.10. The molecule has 2 atom stereocenters. The molecule has 5 nitrogen and oxygen atoms in total. The van der Waals surface area contributed by atoms with Gasteiger partial charge in [0.1, 0.15) is 5.69 Å². The Balaban J connectivity index is 1.46. The van der Waals surface area contributed by atoms with Crippen LogP contribution in [0, 0.1) is 5.92 Å². The van der Waals surface area contributed by atoms with E-state index in [2.05, 4.69) is 21.3 Å². The van der Waals surface area contributed by atoms with Gasteiger partial charge in [0, 0.05) is 36.5 Å². The van der Waals surface area contributed by atoms with Gasteiger partial charge in [-0.2, -0.15) is 5.10 Å². The number of nitrogens with zero attached hydrogens (tertiary/aromatic N) is 3. The average molecular weight is 306 g/mol. The van der Waals surface area contributed by atoms with E-state index in [1.807, 2.05) is 41.3 Å². The number of benzene rings is 1. The zero-order chi connectivity index (χ0) is 15.4. The summed E-state index contributed by atoms with van der Waals surface area (Å²) in [7, 11) is 0. The van der Waals surface area contributed by atoms with Crippen LogP contribution >= 0.6 is 0 Å². The molecule has 0 unspecified atom stereocenters. The van der Waals surface area contributed by atoms with Gasteiger partial charge in [-0.3, -0.25) is 9.89 Å². The van der Waals surface area contributed by atoms with Crippen LogP contribution in [0.5, 0.6) is 0 Å². The lowest BCUT2D eigenvalue weighted by atomic mass is 9.99. The summed E-state index contributed by atoms with van der Waals surface area (Å²) in [6, 6.07) is 12.1. The molecule has 2 aromatic rings. The minimum Gasteiger partial charge on any atom is -0.374 e. The van der Waals surface area contributed by atoms with Gasteiger partial charge in [-0.25, -0.2) is 0 Å². The number of aromatic nitrogens is 2. The van der Waals surface area contributed by atoms with E-state index in [0.717, 1.165) is 30.8 Å². The van der Waals surface area contributed by atoms with Crippen molar-refractivity contribution in [1.29, 1.82) is 0 Å². The fraction of sp³-hybridized carbons (Fsp3) is 0.333. The minimum atomic E-state index is 0.0555. The monoisotopic (exact) mass is 306 g/mol. The lowest BCUT2D eigenvalue weighted by Gasteiger charge is -2.38. The smallest absolute Gasteiger partial charge is 0.276 e. The second kappa shape index (κ2) is 4.72. The fourth-order valence-corrected chi connectivity index (χ4v) is 4.14. The maximum atomic E-state index is 13.0. The molecular weight excluding hydrogens is 288 g/mol. The first kappa shape index (κ1) is 12.9. The molecule has 5 heteroatoms. The molecular formula is C18H18N4O. The molecule has 1 saturated heterocycles. The van der Waals surface area contributed by atoms with Gasteiger partial charge in [0.25, 0.3) is 5.91 Å². The summed E-state index contributed by atoms with van der Waals surface area (Å²) in [5.74, 6) is 0.610. The van der Waals surface area contributed by atoms with Crippen LogP contribution in [0.4, 0.5) is 0 Å². The fourth-order valence-electron chi connectivity index (χ4n) is 4.14. The molecule has 3 bridgehead atoms. The van der Waals surface area contributed by atoms with Gasteiger partial charge in [-0.15, -0.1) is 0 Å². The van der Waals surface area contributed by atoms with E-state index in [0.29, 0.717) is 17.7 Å². The molecule has 0 saturated carbocycles. The second-order valence-electron chi connectivity index (χ2n) is 6.63. The van der Waals surface area contributed by atoms with E-state index in [-0.39, 0.29) is 5.91 Å². The third-order valence-corrected chi connectivity index (χ3v) is 5.24. The molecule has 3 aliphatic rings. The number of nitrogens with one attached hydrogen (secondary N) is 1. The average Bonchev–Trinajstić information content (AvgIpc) is 3.10. The normalized spacial score (nSPS) is 25.0. The molecule has 5 rings (SSSR count). The van der Waals surface area contributed by atoms with Crippen molar-refractivity contribution in [1.82, 2.24) is 20.0 Å². The van der Waals surface area contributed by atoms with E-state index in [1.54, 1.807) is 0 Å². The Morgan fingerprint density at radius 3 is 3.00 bits per heavy atom. The van der Waals surface area contributed by atoms with Crippen LogP contribution in [0.25, 0.3) is 11.3 Å². The van der Waals surface area contributed by atoms with Crippen molar-refractivity contribution in [3.05, 3.63) is 54.0 Å². The maximum Gasteiger partial charge on any atom is 0.276 e. The molecule has 23 heavy (non-hydrogen) atoms. The molecule has 1 N–H and O–H groups in total. The molecule has 0 radical (unpaired) electrons. The van der Waals surface area contributed by atoms with Crippen LogP contribution < -0.4 is 0 Å². The number of rotatable bonds is 2. The summed E-state index contributed by atoms with van der Waals surface area (Å²) < 4.78 is 0. The first-order valence-corrected chi connectivity index (χ1v) is 8.20. The Labute approximate surface area is 134 Å². The minimum absolute atomic E-state index is 0.0555. The topological polar surface area (TPSA) is 52.2 Å². The van der Waals surface area contributed by atoms with Crippen molar-refractivity contribution in [3.63, 3.8) is 0 Å². The number of H-pyrrole nitrogens is 1. The molecule has 4 heterocycles. The number of fused-ring (bicyclic) bond motifs is 2. The highest BCUT2D eigenvalue weighted by molar-refractivity contribution is 5.95. The zero-order valence-electron chi connectivity index (χ0n) is 12.8. The third kappa shape index (κ3) is 1.92. The lowest BCUT2D eigenvalue weighted by molar-refractivity contribution is 0.0714. The summed E-state index contributed by atoms with van der Waals surface area (Å²) in [5.41, 5.74) is 3.62. The molecule has 1 aromatic carbocycles. The summed E-state index contributed by atoms with van der Waals surface area (Å²) in [6.07, 6.45) is 4.46. The molecule has 0 aliphatic carbocycles. The highest BCUT2D eigenvalue weighted by Crippen LogP contribution is 2.43. The Morgan fingerprint density at radius 2 is 2.13 bits per heavy atom. The summed E-state index contributed by atoms with van der Waals surface area (Å²) in [5, 5.41) is 7.25. The molecule has 3 aliphatic heterocycles. The van der Waals surface area contributed by atoms with E-state index in [1.165, 1.54) is 12.1 Å². The first-order chi connectivity index (χ1) is 11.3. The van der Waals surface area contributed by atoms with Gasteiger partial charge in [0.15, 0.2) is 0 Å². The summed E-state index contributed by atoms with van der Waals surface area (Å²) >= 11 is 0. The second-order valence-corrected chi connectivity index (χ2v) is 6.63. The van der Waals surface area contributed by atoms with Gasteiger partial charge < -0.3 is 9.80 Å². The predicted octanol–water partition coefficient (Wildman–Crippen LogP) is 2.47. The number of hydrogen-bond donors (Lipinski definition) is 1. The van der Waals surface area contributed by atoms with Gasteiger partial charge in [-0.05, 0) is 18.9 Å². The Kier molecular flexibility index (Phi) is 2.65. The van der Waals surface area contributed by atoms with Crippen LogP contribution in [0.15, 0.2) is 48.3 Å². The lowest BCUT2D eigenvalue weighted by Crippen LogP contribution is -2.46. The standard InChI is InChI=1S/C18H18N4O/c23-18(16-9-15(19-20-16)12-4-2-1-3-5-12)22-14-8-13-6-7-21(10-14)11-17(13)22/h1-5,9,11,13-14H,6-8,10H2,(H,19,20)/t13-,14-/m1/s1. The molecule has 0 spiro atoms. The number of carbonyl (C=O) groups excluding carboxylic acids is 1. The maximum absolute atomic E-state index is 13.0. The van der Waals surface area contributed by atoms with E-state index >= 15 is 0 Å². The van der Waals surface area contributed by atoms with Crippen molar-refractivity contribution in [2.24, 2.45) is 5.92 Å². The van der Waals surface area contributed by atoms with Crippen LogP contribution in [0.1, 0.15) is 23.3 Å². The number of allylic oxidation sites excluding steroid dienone is 1. The van der Waals surface area contributed by atoms with E-state index in [4.69, 9.17) is 0 Å². The van der Waals surface area contributed by atoms with Gasteiger partial charge in [-0.1, -0.05) is 30.3 Å². The Bertz CT molecular complexity index is 792. The highest BCUT2D eigenvalue weighted by atomic mass is 16.2. The SMILES string of the molecule is O=C(c1cc(-c2ccccc2)n[nH]1)N1C2=CN3CC[C@@H]2C[C@@H]1C3. The van der Waals surface area contributed by atoms with Gasteiger partial charge in [0.2, 0.25) is 0 Å². The predicted molar refractivity (Wildman–Crippen MR) is 86.4 cm³/mol. The number of amides is 1. The van der Waals surface area contributed by atoms with Crippen molar-refractivity contribution in [2.75, 3.05) is 13.1 Å². The van der Waals surface area contributed by atoms with Crippen molar-refractivity contribution >= 4 is 5.91 Å². The largest absolute Gasteiger partial charge is 0.374 e. The van der Waals surface area contributed by atoms with E-state index < -0.39 is 0 Å². The molecule has 1 fully saturated rings. The van der Waals surface area contributed by atoms with Crippen LogP contribution in [-0.2, 0) is 0 Å². The number of aromatic amines is 1. The number of hydrogen-bond acceptors (Lipinski definition) is 3. The van der Waals surface area contributed by atoms with Crippen LogP contribution in [-0.4, -0.2) is 45.0 Å². The first-order valence-electron chi connectivity index (χ1n) is 8.20. The molecule has 116 valence electrons. The number of carbonyl (C=O) groups is 1. The quantitative estimate of drug-likeness (QED) is 0.927.